The van der Waals surface area contributed by atoms with Gasteiger partial charge in [0.1, 0.15) is 5.01 Å². The largest absolute Gasteiger partial charge is 0.493 e. The van der Waals surface area contributed by atoms with Crippen LogP contribution in [0.4, 0.5) is 5.69 Å². The Morgan fingerprint density at radius 2 is 1.80 bits per heavy atom. The zero-order valence-corrected chi connectivity index (χ0v) is 17.4. The lowest BCUT2D eigenvalue weighted by Gasteiger charge is -2.15. The van der Waals surface area contributed by atoms with Crippen molar-refractivity contribution >= 4 is 33.3 Å². The predicted molar refractivity (Wildman–Crippen MR) is 117 cm³/mol. The Morgan fingerprint density at radius 3 is 2.53 bits per heavy atom. The molecule has 30 heavy (non-hydrogen) atoms. The average molecular weight is 421 g/mol. The molecule has 0 fully saturated rings. The van der Waals surface area contributed by atoms with Crippen molar-refractivity contribution < 1.29 is 19.0 Å². The number of pyridine rings is 1. The smallest absolute Gasteiger partial charge is 0.259 e. The van der Waals surface area contributed by atoms with Gasteiger partial charge in [0.2, 0.25) is 5.75 Å². The van der Waals surface area contributed by atoms with Gasteiger partial charge in [0.25, 0.3) is 5.91 Å². The number of methoxy groups -OCH3 is 3. The maximum Gasteiger partial charge on any atom is 0.259 e. The van der Waals surface area contributed by atoms with Crippen molar-refractivity contribution in [3.63, 3.8) is 0 Å². The van der Waals surface area contributed by atoms with Gasteiger partial charge in [-0.3, -0.25) is 4.79 Å². The van der Waals surface area contributed by atoms with Crippen LogP contribution in [0.25, 0.3) is 20.9 Å². The molecule has 152 valence electrons. The molecule has 0 radical (unpaired) electrons. The maximum atomic E-state index is 12.9. The lowest BCUT2D eigenvalue weighted by atomic mass is 10.1. The number of ether oxygens (including phenoxy) is 3. The van der Waals surface area contributed by atoms with E-state index in [1.165, 1.54) is 21.3 Å². The summed E-state index contributed by atoms with van der Waals surface area (Å²) in [6, 6.07) is 14.7. The number of carbonyl (C=O) groups is 1. The van der Waals surface area contributed by atoms with Gasteiger partial charge in [-0.1, -0.05) is 12.1 Å². The number of nitrogens with one attached hydrogen (secondary N) is 1. The SMILES string of the molecule is COc1ccc(C(=O)Nc2cccc(-c3nc4ncccc4s3)c2)c(OC)c1OC. The Kier molecular flexibility index (Phi) is 5.49. The Balaban J connectivity index is 1.64. The number of carbonyl (C=O) groups excluding carboxylic acids is 1. The molecule has 0 saturated carbocycles. The highest BCUT2D eigenvalue weighted by Crippen LogP contribution is 2.40. The van der Waals surface area contributed by atoms with Gasteiger partial charge >= 0.3 is 0 Å². The number of thiazole rings is 1. The highest BCUT2D eigenvalue weighted by molar-refractivity contribution is 7.21. The molecule has 1 N–H and O–H groups in total. The van der Waals surface area contributed by atoms with Gasteiger partial charge < -0.3 is 19.5 Å². The van der Waals surface area contributed by atoms with E-state index in [0.29, 0.717) is 34.1 Å². The third-order valence-electron chi connectivity index (χ3n) is 4.48. The Hall–Kier alpha value is -3.65. The molecular weight excluding hydrogens is 402 g/mol. The molecule has 0 aliphatic heterocycles. The highest BCUT2D eigenvalue weighted by Gasteiger charge is 2.21. The molecule has 2 aromatic carbocycles. The van der Waals surface area contributed by atoms with E-state index in [2.05, 4.69) is 15.3 Å². The van der Waals surface area contributed by atoms with Crippen molar-refractivity contribution in [3.8, 4) is 27.8 Å². The van der Waals surface area contributed by atoms with Crippen LogP contribution < -0.4 is 19.5 Å². The highest BCUT2D eigenvalue weighted by atomic mass is 32.1. The number of rotatable bonds is 6. The molecule has 0 bridgehead atoms. The summed E-state index contributed by atoms with van der Waals surface area (Å²) < 4.78 is 17.1. The molecule has 4 aromatic rings. The van der Waals surface area contributed by atoms with E-state index in [4.69, 9.17) is 14.2 Å². The monoisotopic (exact) mass is 421 g/mol. The van der Waals surface area contributed by atoms with E-state index in [-0.39, 0.29) is 5.91 Å². The number of amides is 1. The van der Waals surface area contributed by atoms with Gasteiger partial charge in [0, 0.05) is 17.4 Å². The minimum atomic E-state index is -0.323. The number of fused-ring (bicyclic) bond motifs is 1. The van der Waals surface area contributed by atoms with Crippen LogP contribution in [0.5, 0.6) is 17.2 Å². The summed E-state index contributed by atoms with van der Waals surface area (Å²) in [6.07, 6.45) is 1.72. The van der Waals surface area contributed by atoms with Gasteiger partial charge in [-0.2, -0.15) is 0 Å². The van der Waals surface area contributed by atoms with E-state index in [1.807, 2.05) is 36.4 Å². The molecule has 0 unspecified atom stereocenters. The molecule has 0 saturated heterocycles. The molecule has 1 amide bonds. The molecule has 7 nitrogen and oxygen atoms in total. The van der Waals surface area contributed by atoms with Crippen LogP contribution in [0.2, 0.25) is 0 Å². The van der Waals surface area contributed by atoms with Crippen molar-refractivity contribution in [3.05, 3.63) is 60.3 Å². The molecule has 2 heterocycles. The lowest BCUT2D eigenvalue weighted by Crippen LogP contribution is -2.14. The van der Waals surface area contributed by atoms with E-state index in [9.17, 15) is 4.79 Å². The molecule has 4 rings (SSSR count). The molecule has 8 heteroatoms. The van der Waals surface area contributed by atoms with Crippen LogP contribution in [-0.2, 0) is 0 Å². The van der Waals surface area contributed by atoms with Crippen LogP contribution in [0, 0.1) is 0 Å². The van der Waals surface area contributed by atoms with Crippen LogP contribution in [-0.4, -0.2) is 37.2 Å². The third kappa shape index (κ3) is 3.65. The maximum absolute atomic E-state index is 12.9. The summed E-state index contributed by atoms with van der Waals surface area (Å²) >= 11 is 1.55. The first-order valence-electron chi connectivity index (χ1n) is 9.07. The Morgan fingerprint density at radius 1 is 0.967 bits per heavy atom. The summed E-state index contributed by atoms with van der Waals surface area (Å²) in [5.41, 5.74) is 2.59. The van der Waals surface area contributed by atoms with E-state index >= 15 is 0 Å². The first-order chi connectivity index (χ1) is 14.6. The average Bonchev–Trinajstić information content (AvgIpc) is 3.22. The molecule has 0 aliphatic carbocycles. The fourth-order valence-electron chi connectivity index (χ4n) is 3.10. The van der Waals surface area contributed by atoms with Crippen LogP contribution in [0.3, 0.4) is 0 Å². The fourth-order valence-corrected chi connectivity index (χ4v) is 4.02. The van der Waals surface area contributed by atoms with Gasteiger partial charge in [-0.05, 0) is 36.4 Å². The minimum absolute atomic E-state index is 0.308. The quantitative estimate of drug-likeness (QED) is 0.489. The van der Waals surface area contributed by atoms with Crippen molar-refractivity contribution in [2.75, 3.05) is 26.6 Å². The number of anilines is 1. The lowest BCUT2D eigenvalue weighted by molar-refractivity contribution is 0.102. The summed E-state index contributed by atoms with van der Waals surface area (Å²) in [6.45, 7) is 0. The van der Waals surface area contributed by atoms with Gasteiger partial charge in [-0.15, -0.1) is 11.3 Å². The standard InChI is InChI=1S/C22H19N3O4S/c1-27-16-10-9-15(18(28-2)19(16)29-3)21(26)24-14-7-4-6-13(12-14)22-25-20-17(30-22)8-5-11-23-20/h4-12H,1-3H3,(H,24,26). The summed E-state index contributed by atoms with van der Waals surface area (Å²) in [4.78, 5) is 21.8. The van der Waals surface area contributed by atoms with E-state index in [1.54, 1.807) is 29.7 Å². The van der Waals surface area contributed by atoms with Crippen molar-refractivity contribution in [1.29, 1.82) is 0 Å². The van der Waals surface area contributed by atoms with Gasteiger partial charge in [0.05, 0.1) is 31.6 Å². The zero-order valence-electron chi connectivity index (χ0n) is 16.6. The topological polar surface area (TPSA) is 82.6 Å². The Labute approximate surface area is 177 Å². The van der Waals surface area contributed by atoms with Crippen molar-refractivity contribution in [2.24, 2.45) is 0 Å². The second-order valence-electron chi connectivity index (χ2n) is 6.26. The Bertz CT molecular complexity index is 1190. The van der Waals surface area contributed by atoms with Crippen molar-refractivity contribution in [2.45, 2.75) is 0 Å². The van der Waals surface area contributed by atoms with E-state index < -0.39 is 0 Å². The third-order valence-corrected chi connectivity index (χ3v) is 5.54. The predicted octanol–water partition coefficient (Wildman–Crippen LogP) is 4.64. The number of hydrogen-bond acceptors (Lipinski definition) is 7. The summed E-state index contributed by atoms with van der Waals surface area (Å²) in [5.74, 6) is 0.833. The second kappa shape index (κ2) is 8.38. The molecule has 2 aromatic heterocycles. The summed E-state index contributed by atoms with van der Waals surface area (Å²) in [5, 5.41) is 3.75. The van der Waals surface area contributed by atoms with E-state index in [0.717, 1.165) is 15.3 Å². The number of nitrogens with zero attached hydrogens (tertiary/aromatic N) is 2. The first-order valence-corrected chi connectivity index (χ1v) is 9.88. The summed E-state index contributed by atoms with van der Waals surface area (Å²) in [7, 11) is 4.51. The van der Waals surface area contributed by atoms with Gasteiger partial charge in [0.15, 0.2) is 17.1 Å². The number of hydrogen-bond donors (Lipinski definition) is 1. The first kappa shape index (κ1) is 19.7. The van der Waals surface area contributed by atoms with Crippen molar-refractivity contribution in [1.82, 2.24) is 9.97 Å². The second-order valence-corrected chi connectivity index (χ2v) is 7.29. The fraction of sp³-hybridized carbons (Fsp3) is 0.136. The van der Waals surface area contributed by atoms with Crippen LogP contribution in [0.1, 0.15) is 10.4 Å². The van der Waals surface area contributed by atoms with Crippen LogP contribution in [0.15, 0.2) is 54.7 Å². The number of benzene rings is 2. The molecule has 0 atom stereocenters. The van der Waals surface area contributed by atoms with Crippen LogP contribution >= 0.6 is 11.3 Å². The number of aromatic nitrogens is 2. The molecular formula is C22H19N3O4S. The normalized spacial score (nSPS) is 10.6. The minimum Gasteiger partial charge on any atom is -0.493 e. The van der Waals surface area contributed by atoms with Gasteiger partial charge in [-0.25, -0.2) is 9.97 Å². The molecule has 0 spiro atoms. The molecule has 0 aliphatic rings. The zero-order chi connectivity index (χ0) is 21.1.